The summed E-state index contributed by atoms with van der Waals surface area (Å²) in [5.74, 6) is 0. The van der Waals surface area contributed by atoms with Gasteiger partial charge in [-0.2, -0.15) is 0 Å². The number of hydrogen-bond donors (Lipinski definition) is 0. The number of nitrogens with zero attached hydrogens (tertiary/aromatic N) is 6. The van der Waals surface area contributed by atoms with Crippen LogP contribution in [0, 0.1) is 17.0 Å². The molecule has 0 aliphatic carbocycles. The van der Waals surface area contributed by atoms with Crippen LogP contribution in [0.4, 0.5) is 0 Å². The first-order valence-electron chi connectivity index (χ1n) is 6.64. The van der Waals surface area contributed by atoms with E-state index in [4.69, 9.17) is 0 Å². The zero-order valence-corrected chi connectivity index (χ0v) is 12.9. The van der Waals surface area contributed by atoms with Gasteiger partial charge in [0.25, 0.3) is 5.09 Å². The molecule has 1 unspecified atom stereocenters. The molecule has 3 heterocycles. The summed E-state index contributed by atoms with van der Waals surface area (Å²) in [4.78, 5) is 24.1. The molecule has 0 aromatic carbocycles. The molecule has 0 aliphatic rings. The molecular weight excluding hydrogens is 320 g/mol. The van der Waals surface area contributed by atoms with Crippen molar-refractivity contribution in [1.29, 1.82) is 0 Å². The predicted octanol–water partition coefficient (Wildman–Crippen LogP) is 1.90. The smallest absolute Gasteiger partial charge is 0.294 e. The van der Waals surface area contributed by atoms with Crippen LogP contribution in [-0.2, 0) is 4.84 Å². The van der Waals surface area contributed by atoms with Crippen LogP contribution in [-0.4, -0.2) is 36.7 Å². The Hall–Kier alpha value is -2.88. The van der Waals surface area contributed by atoms with E-state index in [0.717, 1.165) is 16.1 Å². The molecule has 23 heavy (non-hydrogen) atoms. The SMILES string of the molecule is Cc1ncsc1C(CO[N+](=O)[O-])n1cc(-c2cccnc2)nn1. The van der Waals surface area contributed by atoms with Crippen LogP contribution < -0.4 is 0 Å². The average molecular weight is 332 g/mol. The fourth-order valence-electron chi connectivity index (χ4n) is 2.11. The van der Waals surface area contributed by atoms with Gasteiger partial charge in [-0.3, -0.25) is 4.98 Å². The molecule has 3 aromatic rings. The highest BCUT2D eigenvalue weighted by Crippen LogP contribution is 2.26. The third-order valence-electron chi connectivity index (χ3n) is 3.21. The maximum Gasteiger partial charge on any atom is 0.294 e. The monoisotopic (exact) mass is 332 g/mol. The highest BCUT2D eigenvalue weighted by Gasteiger charge is 2.22. The third-order valence-corrected chi connectivity index (χ3v) is 4.24. The Morgan fingerprint density at radius 3 is 3.04 bits per heavy atom. The molecule has 9 nitrogen and oxygen atoms in total. The largest absolute Gasteiger partial charge is 0.311 e. The zero-order chi connectivity index (χ0) is 16.2. The van der Waals surface area contributed by atoms with E-state index < -0.39 is 11.1 Å². The number of hydrogen-bond acceptors (Lipinski definition) is 8. The Bertz CT molecular complexity index is 803. The van der Waals surface area contributed by atoms with Gasteiger partial charge in [-0.1, -0.05) is 5.21 Å². The highest BCUT2D eigenvalue weighted by atomic mass is 32.1. The minimum Gasteiger partial charge on any atom is -0.311 e. The van der Waals surface area contributed by atoms with E-state index in [1.165, 1.54) is 11.3 Å². The molecule has 0 spiro atoms. The van der Waals surface area contributed by atoms with Crippen molar-refractivity contribution in [3.63, 3.8) is 0 Å². The number of pyridine rings is 1. The van der Waals surface area contributed by atoms with Crippen molar-refractivity contribution in [3.05, 3.63) is 56.9 Å². The number of aryl methyl sites for hydroxylation is 1. The van der Waals surface area contributed by atoms with Crippen molar-refractivity contribution in [2.75, 3.05) is 6.61 Å². The van der Waals surface area contributed by atoms with Crippen molar-refractivity contribution in [2.24, 2.45) is 0 Å². The topological polar surface area (TPSA) is 109 Å². The van der Waals surface area contributed by atoms with Gasteiger partial charge in [0.05, 0.1) is 22.3 Å². The number of thiazole rings is 1. The van der Waals surface area contributed by atoms with Gasteiger partial charge in [-0.25, -0.2) is 9.67 Å². The molecule has 0 saturated heterocycles. The predicted molar refractivity (Wildman–Crippen MR) is 81.2 cm³/mol. The Labute approximate surface area is 134 Å². The van der Waals surface area contributed by atoms with Crippen molar-refractivity contribution in [2.45, 2.75) is 13.0 Å². The van der Waals surface area contributed by atoms with E-state index in [-0.39, 0.29) is 6.61 Å². The van der Waals surface area contributed by atoms with Gasteiger partial charge in [0.2, 0.25) is 0 Å². The second-order valence-corrected chi connectivity index (χ2v) is 5.55. The van der Waals surface area contributed by atoms with Crippen molar-refractivity contribution in [3.8, 4) is 11.3 Å². The molecule has 0 aliphatic heterocycles. The van der Waals surface area contributed by atoms with Crippen molar-refractivity contribution >= 4 is 11.3 Å². The fourth-order valence-corrected chi connectivity index (χ4v) is 2.99. The summed E-state index contributed by atoms with van der Waals surface area (Å²) >= 11 is 1.39. The normalized spacial score (nSPS) is 12.0. The van der Waals surface area contributed by atoms with Gasteiger partial charge < -0.3 is 4.84 Å². The zero-order valence-electron chi connectivity index (χ0n) is 12.1. The van der Waals surface area contributed by atoms with Crippen LogP contribution in [0.2, 0.25) is 0 Å². The number of rotatable bonds is 6. The summed E-state index contributed by atoms with van der Waals surface area (Å²) in [6.07, 6.45) is 5.06. The Morgan fingerprint density at radius 2 is 2.39 bits per heavy atom. The summed E-state index contributed by atoms with van der Waals surface area (Å²) in [7, 11) is 0. The minimum atomic E-state index is -0.817. The van der Waals surface area contributed by atoms with Crippen LogP contribution in [0.25, 0.3) is 11.3 Å². The van der Waals surface area contributed by atoms with Gasteiger partial charge in [0, 0.05) is 18.0 Å². The van der Waals surface area contributed by atoms with E-state index >= 15 is 0 Å². The first-order valence-corrected chi connectivity index (χ1v) is 7.52. The molecule has 0 radical (unpaired) electrons. The van der Waals surface area contributed by atoms with Crippen LogP contribution >= 0.6 is 11.3 Å². The molecular formula is C13H12N6O3S. The van der Waals surface area contributed by atoms with Crippen LogP contribution in [0.15, 0.2) is 36.2 Å². The van der Waals surface area contributed by atoms with Gasteiger partial charge in [-0.15, -0.1) is 26.5 Å². The lowest BCUT2D eigenvalue weighted by atomic mass is 10.2. The molecule has 0 N–H and O–H groups in total. The lowest BCUT2D eigenvalue weighted by molar-refractivity contribution is -0.758. The minimum absolute atomic E-state index is 0.161. The van der Waals surface area contributed by atoms with E-state index in [2.05, 4.69) is 25.1 Å². The van der Waals surface area contributed by atoms with Crippen LogP contribution in [0.1, 0.15) is 16.6 Å². The van der Waals surface area contributed by atoms with Crippen LogP contribution in [0.3, 0.4) is 0 Å². The summed E-state index contributed by atoms with van der Waals surface area (Å²) in [5, 5.41) is 17.9. The lowest BCUT2D eigenvalue weighted by Crippen LogP contribution is -2.19. The molecule has 0 fully saturated rings. The fraction of sp³-hybridized carbons (Fsp3) is 0.231. The van der Waals surface area contributed by atoms with Crippen LogP contribution in [0.5, 0.6) is 0 Å². The second-order valence-electron chi connectivity index (χ2n) is 4.66. The molecule has 3 rings (SSSR count). The molecule has 0 amide bonds. The van der Waals surface area contributed by atoms with Crippen molar-refractivity contribution < 1.29 is 9.92 Å². The van der Waals surface area contributed by atoms with E-state index in [0.29, 0.717) is 5.69 Å². The molecule has 0 bridgehead atoms. The first kappa shape index (κ1) is 15.0. The Balaban J connectivity index is 1.92. The summed E-state index contributed by atoms with van der Waals surface area (Å²) < 4.78 is 1.55. The molecule has 118 valence electrons. The van der Waals surface area contributed by atoms with E-state index in [9.17, 15) is 10.1 Å². The molecule has 10 heteroatoms. The lowest BCUT2D eigenvalue weighted by Gasteiger charge is -2.14. The molecule has 3 aromatic heterocycles. The first-order chi connectivity index (χ1) is 11.1. The van der Waals surface area contributed by atoms with Gasteiger partial charge >= 0.3 is 0 Å². The number of aromatic nitrogens is 5. The quantitative estimate of drug-likeness (QED) is 0.501. The summed E-state index contributed by atoms with van der Waals surface area (Å²) in [6, 6.07) is 3.20. The van der Waals surface area contributed by atoms with E-state index in [1.54, 1.807) is 34.8 Å². The van der Waals surface area contributed by atoms with E-state index in [1.807, 2.05) is 13.0 Å². The average Bonchev–Trinajstić information content (AvgIpc) is 3.19. The standard InChI is InChI=1S/C13H12N6O3S/c1-9-13(23-8-15-9)12(7-22-19(20)21)18-6-11(16-17-18)10-3-2-4-14-5-10/h2-6,8,12H,7H2,1H3. The van der Waals surface area contributed by atoms with Gasteiger partial charge in [0.1, 0.15) is 18.3 Å². The molecule has 0 saturated carbocycles. The second kappa shape index (κ2) is 6.48. The summed E-state index contributed by atoms with van der Waals surface area (Å²) in [6.45, 7) is 1.68. The third kappa shape index (κ3) is 3.31. The Kier molecular flexibility index (Phi) is 4.24. The van der Waals surface area contributed by atoms with Gasteiger partial charge in [0.15, 0.2) is 0 Å². The van der Waals surface area contributed by atoms with Crippen molar-refractivity contribution in [1.82, 2.24) is 25.0 Å². The van der Waals surface area contributed by atoms with Gasteiger partial charge in [-0.05, 0) is 19.1 Å². The molecule has 1 atom stereocenters. The maximum atomic E-state index is 10.5. The maximum absolute atomic E-state index is 10.5. The summed E-state index contributed by atoms with van der Waals surface area (Å²) in [5.41, 5.74) is 3.91. The Morgan fingerprint density at radius 1 is 1.52 bits per heavy atom. The highest BCUT2D eigenvalue weighted by molar-refractivity contribution is 7.09.